The van der Waals surface area contributed by atoms with Crippen LogP contribution in [0.1, 0.15) is 28.4 Å². The Morgan fingerprint density at radius 3 is 2.44 bits per heavy atom. The number of amides is 2. The second kappa shape index (κ2) is 10.4. The average Bonchev–Trinajstić information content (AvgIpc) is 3.50. The number of H-pyrrole nitrogens is 1. The first-order chi connectivity index (χ1) is 17.6. The molecule has 2 aromatic heterocycles. The van der Waals surface area contributed by atoms with Gasteiger partial charge in [-0.15, -0.1) is 0 Å². The van der Waals surface area contributed by atoms with E-state index >= 15 is 0 Å². The van der Waals surface area contributed by atoms with Gasteiger partial charge >= 0.3 is 0 Å². The molecule has 5 rings (SSSR count). The predicted octanol–water partition coefficient (Wildman–Crippen LogP) is 5.27. The van der Waals surface area contributed by atoms with Crippen LogP contribution in [0.4, 0.5) is 0 Å². The number of aryl methyl sites for hydroxylation is 1. The summed E-state index contributed by atoms with van der Waals surface area (Å²) in [5, 5.41) is 8.00. The third-order valence-corrected chi connectivity index (χ3v) is 6.34. The van der Waals surface area contributed by atoms with E-state index in [1.165, 1.54) is 0 Å². The molecule has 0 saturated carbocycles. The molecule has 180 valence electrons. The number of rotatable bonds is 8. The molecule has 2 amide bonds. The number of benzene rings is 3. The van der Waals surface area contributed by atoms with E-state index in [9.17, 15) is 9.59 Å². The number of carbonyl (C=O) groups is 2. The summed E-state index contributed by atoms with van der Waals surface area (Å²) in [6.45, 7) is 3.32. The Labute approximate surface area is 209 Å². The fourth-order valence-electron chi connectivity index (χ4n) is 4.49. The van der Waals surface area contributed by atoms with E-state index in [-0.39, 0.29) is 17.5 Å². The van der Waals surface area contributed by atoms with Crippen molar-refractivity contribution in [3.05, 3.63) is 114 Å². The topological polar surface area (TPSA) is 78.9 Å². The number of aromatic amines is 1. The number of hydrogen-bond acceptors (Lipinski definition) is 2. The Hall–Kier alpha value is -4.58. The van der Waals surface area contributed by atoms with Gasteiger partial charge in [-0.3, -0.25) is 9.59 Å². The zero-order valence-corrected chi connectivity index (χ0v) is 20.1. The first kappa shape index (κ1) is 23.2. The van der Waals surface area contributed by atoms with Crippen LogP contribution in [0.5, 0.6) is 0 Å². The van der Waals surface area contributed by atoms with Gasteiger partial charge in [-0.05, 0) is 49.2 Å². The second-order valence-electron chi connectivity index (χ2n) is 8.63. The van der Waals surface area contributed by atoms with E-state index in [1.54, 1.807) is 30.3 Å². The van der Waals surface area contributed by atoms with E-state index in [4.69, 9.17) is 0 Å². The molecule has 0 unspecified atom stereocenters. The lowest BCUT2D eigenvalue weighted by atomic mass is 10.1. The molecule has 0 aliphatic heterocycles. The van der Waals surface area contributed by atoms with Crippen molar-refractivity contribution in [1.82, 2.24) is 20.2 Å². The van der Waals surface area contributed by atoms with Crippen LogP contribution >= 0.6 is 0 Å². The van der Waals surface area contributed by atoms with Gasteiger partial charge in [0.1, 0.15) is 5.70 Å². The van der Waals surface area contributed by atoms with E-state index in [0.717, 1.165) is 39.5 Å². The molecule has 0 aliphatic carbocycles. The van der Waals surface area contributed by atoms with E-state index in [1.807, 2.05) is 54.9 Å². The summed E-state index contributed by atoms with van der Waals surface area (Å²) in [5.74, 6) is -0.652. The Bertz CT molecular complexity index is 1560. The van der Waals surface area contributed by atoms with Crippen LogP contribution in [-0.2, 0) is 17.8 Å². The van der Waals surface area contributed by atoms with Gasteiger partial charge in [0, 0.05) is 58.4 Å². The maximum Gasteiger partial charge on any atom is 0.267 e. The molecule has 2 heterocycles. The van der Waals surface area contributed by atoms with Crippen molar-refractivity contribution in [2.24, 2.45) is 0 Å². The fourth-order valence-corrected chi connectivity index (χ4v) is 4.49. The summed E-state index contributed by atoms with van der Waals surface area (Å²) in [7, 11) is 0. The minimum atomic E-state index is -0.326. The first-order valence-electron chi connectivity index (χ1n) is 12.1. The third kappa shape index (κ3) is 4.79. The summed E-state index contributed by atoms with van der Waals surface area (Å²) < 4.78 is 2.13. The molecular formula is C30H28N4O2. The molecule has 0 fully saturated rings. The van der Waals surface area contributed by atoms with Crippen molar-refractivity contribution in [2.45, 2.75) is 19.9 Å². The number of carbonyl (C=O) groups excluding carboxylic acids is 2. The Morgan fingerprint density at radius 2 is 1.64 bits per heavy atom. The highest BCUT2D eigenvalue weighted by Gasteiger charge is 2.16. The number of fused-ring (bicyclic) bond motifs is 2. The highest BCUT2D eigenvalue weighted by atomic mass is 16.2. The van der Waals surface area contributed by atoms with Crippen LogP contribution in [0.15, 0.2) is 97.0 Å². The van der Waals surface area contributed by atoms with Gasteiger partial charge in [0.2, 0.25) is 0 Å². The number of para-hydroxylation sites is 2. The van der Waals surface area contributed by atoms with Crippen LogP contribution in [0.3, 0.4) is 0 Å². The summed E-state index contributed by atoms with van der Waals surface area (Å²) in [6, 6.07) is 25.1. The number of nitrogens with one attached hydrogen (secondary N) is 3. The lowest BCUT2D eigenvalue weighted by molar-refractivity contribution is -0.117. The normalized spacial score (nSPS) is 11.6. The van der Waals surface area contributed by atoms with Crippen molar-refractivity contribution in [3.8, 4) is 0 Å². The number of aromatic nitrogens is 2. The van der Waals surface area contributed by atoms with Gasteiger partial charge in [-0.2, -0.15) is 0 Å². The van der Waals surface area contributed by atoms with Gasteiger partial charge in [0.05, 0.1) is 0 Å². The Balaban J connectivity index is 1.40. The van der Waals surface area contributed by atoms with Crippen molar-refractivity contribution in [3.63, 3.8) is 0 Å². The molecule has 3 aromatic carbocycles. The smallest absolute Gasteiger partial charge is 0.267 e. The van der Waals surface area contributed by atoms with Crippen LogP contribution in [0.2, 0.25) is 0 Å². The molecule has 6 heteroatoms. The van der Waals surface area contributed by atoms with Crippen LogP contribution < -0.4 is 10.6 Å². The molecule has 0 bridgehead atoms. The van der Waals surface area contributed by atoms with E-state index in [2.05, 4.69) is 39.2 Å². The fraction of sp³-hybridized carbons (Fsp3) is 0.133. The van der Waals surface area contributed by atoms with Crippen LogP contribution in [-0.4, -0.2) is 27.9 Å². The quantitative estimate of drug-likeness (QED) is 0.267. The van der Waals surface area contributed by atoms with E-state index < -0.39 is 0 Å². The van der Waals surface area contributed by atoms with Crippen molar-refractivity contribution < 1.29 is 9.59 Å². The highest BCUT2D eigenvalue weighted by Crippen LogP contribution is 2.23. The Morgan fingerprint density at radius 1 is 0.917 bits per heavy atom. The average molecular weight is 477 g/mol. The van der Waals surface area contributed by atoms with Crippen LogP contribution in [0, 0.1) is 0 Å². The molecule has 0 aliphatic rings. The molecule has 3 N–H and O–H groups in total. The SMILES string of the molecule is CCn1cc(/C=C(\NC(=O)c2ccccc2)C(=O)NCCc2c[nH]c3ccccc23)c2ccccc21. The number of nitrogens with zero attached hydrogens (tertiary/aromatic N) is 1. The summed E-state index contributed by atoms with van der Waals surface area (Å²) in [4.78, 5) is 29.5. The highest BCUT2D eigenvalue weighted by molar-refractivity contribution is 6.06. The van der Waals surface area contributed by atoms with Gasteiger partial charge in [0.15, 0.2) is 0 Å². The third-order valence-electron chi connectivity index (χ3n) is 6.34. The van der Waals surface area contributed by atoms with E-state index in [0.29, 0.717) is 18.5 Å². The van der Waals surface area contributed by atoms with Crippen molar-refractivity contribution in [2.75, 3.05) is 6.54 Å². The van der Waals surface area contributed by atoms with Gasteiger partial charge in [-0.25, -0.2) is 0 Å². The van der Waals surface area contributed by atoms with Crippen molar-refractivity contribution >= 4 is 39.7 Å². The zero-order chi connectivity index (χ0) is 24.9. The first-order valence-corrected chi connectivity index (χ1v) is 12.1. The second-order valence-corrected chi connectivity index (χ2v) is 8.63. The molecule has 0 saturated heterocycles. The zero-order valence-electron chi connectivity index (χ0n) is 20.1. The largest absolute Gasteiger partial charge is 0.361 e. The molecular weight excluding hydrogens is 448 g/mol. The maximum atomic E-state index is 13.3. The molecule has 5 aromatic rings. The summed E-state index contributed by atoms with van der Waals surface area (Å²) >= 11 is 0. The molecule has 36 heavy (non-hydrogen) atoms. The summed E-state index contributed by atoms with van der Waals surface area (Å²) in [6.07, 6.45) is 6.42. The minimum Gasteiger partial charge on any atom is -0.361 e. The maximum absolute atomic E-state index is 13.3. The van der Waals surface area contributed by atoms with Crippen molar-refractivity contribution in [1.29, 1.82) is 0 Å². The Kier molecular flexibility index (Phi) is 6.67. The van der Waals surface area contributed by atoms with Gasteiger partial charge in [0.25, 0.3) is 11.8 Å². The van der Waals surface area contributed by atoms with Crippen LogP contribution in [0.25, 0.3) is 27.9 Å². The standard InChI is InChI=1S/C30H28N4O2/c1-2-34-20-23(25-13-7-9-15-28(25)34)18-27(33-29(35)21-10-4-3-5-11-21)30(36)31-17-16-22-19-32-26-14-8-6-12-24(22)26/h3-15,18-20,32H,2,16-17H2,1H3,(H,31,36)(H,33,35)/b27-18-. The molecule has 6 nitrogen and oxygen atoms in total. The molecule has 0 atom stereocenters. The minimum absolute atomic E-state index is 0.210. The number of hydrogen-bond donors (Lipinski definition) is 3. The van der Waals surface area contributed by atoms with Gasteiger partial charge in [-0.1, -0.05) is 54.6 Å². The lowest BCUT2D eigenvalue weighted by Gasteiger charge is -2.11. The molecule has 0 radical (unpaired) electrons. The predicted molar refractivity (Wildman–Crippen MR) is 145 cm³/mol. The van der Waals surface area contributed by atoms with Gasteiger partial charge < -0.3 is 20.2 Å². The summed E-state index contributed by atoms with van der Waals surface area (Å²) in [5.41, 5.74) is 4.87. The monoisotopic (exact) mass is 476 g/mol. The lowest BCUT2D eigenvalue weighted by Crippen LogP contribution is -2.35. The molecule has 0 spiro atoms.